The van der Waals surface area contributed by atoms with Crippen LogP contribution in [0.3, 0.4) is 0 Å². The Balaban J connectivity index is 1.40. The van der Waals surface area contributed by atoms with Crippen LogP contribution >= 0.6 is 0 Å². The summed E-state index contributed by atoms with van der Waals surface area (Å²) >= 11 is 0. The molecular formula is C20H23N3O6S. The van der Waals surface area contributed by atoms with Gasteiger partial charge in [-0.1, -0.05) is 0 Å². The average molecular weight is 433 g/mol. The molecule has 30 heavy (non-hydrogen) atoms. The van der Waals surface area contributed by atoms with Gasteiger partial charge in [0.25, 0.3) is 0 Å². The highest BCUT2D eigenvalue weighted by atomic mass is 32.2. The van der Waals surface area contributed by atoms with Gasteiger partial charge in [-0.25, -0.2) is 8.42 Å². The Morgan fingerprint density at radius 2 is 1.87 bits per heavy atom. The van der Waals surface area contributed by atoms with E-state index >= 15 is 0 Å². The molecule has 2 aliphatic rings. The molecule has 3 heterocycles. The number of anilines is 1. The minimum Gasteiger partial charge on any atom is -0.467 e. The van der Waals surface area contributed by atoms with E-state index < -0.39 is 15.9 Å². The first-order chi connectivity index (χ1) is 14.4. The molecule has 0 aliphatic carbocycles. The number of carbonyl (C=O) groups excluding carboxylic acids is 2. The number of nitrogens with zero attached hydrogens (tertiary/aromatic N) is 2. The minimum absolute atomic E-state index is 0.109. The summed E-state index contributed by atoms with van der Waals surface area (Å²) < 4.78 is 37.2. The van der Waals surface area contributed by atoms with Crippen LogP contribution in [0.5, 0.6) is 0 Å². The van der Waals surface area contributed by atoms with Gasteiger partial charge in [-0.2, -0.15) is 4.31 Å². The molecule has 1 aromatic carbocycles. The van der Waals surface area contributed by atoms with Gasteiger partial charge in [-0.05, 0) is 36.4 Å². The highest BCUT2D eigenvalue weighted by Gasteiger charge is 2.35. The number of benzene rings is 1. The van der Waals surface area contributed by atoms with Gasteiger partial charge in [-0.15, -0.1) is 0 Å². The first-order valence-corrected chi connectivity index (χ1v) is 11.2. The molecule has 2 amide bonds. The number of amides is 2. The minimum atomic E-state index is -3.59. The van der Waals surface area contributed by atoms with Gasteiger partial charge in [0.15, 0.2) is 0 Å². The van der Waals surface area contributed by atoms with Crippen molar-refractivity contribution in [2.75, 3.05) is 37.7 Å². The van der Waals surface area contributed by atoms with Crippen molar-refractivity contribution < 1.29 is 27.2 Å². The summed E-state index contributed by atoms with van der Waals surface area (Å²) in [6.07, 6.45) is 1.64. The third-order valence-corrected chi connectivity index (χ3v) is 7.18. The number of furan rings is 1. The lowest BCUT2D eigenvalue weighted by Gasteiger charge is -2.26. The predicted molar refractivity (Wildman–Crippen MR) is 107 cm³/mol. The van der Waals surface area contributed by atoms with Gasteiger partial charge >= 0.3 is 0 Å². The van der Waals surface area contributed by atoms with Crippen molar-refractivity contribution in [2.45, 2.75) is 17.9 Å². The van der Waals surface area contributed by atoms with Crippen molar-refractivity contribution in [2.24, 2.45) is 5.92 Å². The quantitative estimate of drug-likeness (QED) is 0.727. The second-order valence-electron chi connectivity index (χ2n) is 7.21. The summed E-state index contributed by atoms with van der Waals surface area (Å²) in [5.74, 6) is -0.212. The maximum atomic E-state index is 12.7. The van der Waals surface area contributed by atoms with Crippen LogP contribution in [0.1, 0.15) is 12.2 Å². The van der Waals surface area contributed by atoms with Crippen LogP contribution in [0.15, 0.2) is 52.0 Å². The van der Waals surface area contributed by atoms with E-state index in [0.717, 1.165) is 0 Å². The van der Waals surface area contributed by atoms with Crippen LogP contribution in [0, 0.1) is 5.92 Å². The highest BCUT2D eigenvalue weighted by molar-refractivity contribution is 7.89. The fourth-order valence-electron chi connectivity index (χ4n) is 3.60. The van der Waals surface area contributed by atoms with Crippen molar-refractivity contribution in [3.05, 3.63) is 48.4 Å². The summed E-state index contributed by atoms with van der Waals surface area (Å²) in [4.78, 5) is 26.5. The highest BCUT2D eigenvalue weighted by Crippen LogP contribution is 2.27. The van der Waals surface area contributed by atoms with E-state index in [1.54, 1.807) is 24.3 Å². The predicted octanol–water partition coefficient (Wildman–Crippen LogP) is 0.970. The first-order valence-electron chi connectivity index (χ1n) is 9.73. The van der Waals surface area contributed by atoms with Crippen LogP contribution in [0.2, 0.25) is 0 Å². The summed E-state index contributed by atoms with van der Waals surface area (Å²) in [7, 11) is -3.59. The fraction of sp³-hybridized carbons (Fsp3) is 0.400. The summed E-state index contributed by atoms with van der Waals surface area (Å²) in [5.41, 5.74) is 0.572. The topological polar surface area (TPSA) is 109 Å². The molecule has 9 nitrogen and oxygen atoms in total. The van der Waals surface area contributed by atoms with Crippen LogP contribution in [-0.2, 0) is 30.9 Å². The van der Waals surface area contributed by atoms with Gasteiger partial charge < -0.3 is 19.4 Å². The molecule has 1 aromatic heterocycles. The molecule has 2 saturated heterocycles. The molecule has 1 N–H and O–H groups in total. The number of rotatable bonds is 6. The summed E-state index contributed by atoms with van der Waals surface area (Å²) in [6, 6.07) is 9.71. The number of ether oxygens (including phenoxy) is 1. The molecule has 2 aromatic rings. The molecule has 4 rings (SSSR count). The maximum absolute atomic E-state index is 12.7. The molecular weight excluding hydrogens is 410 g/mol. The number of sulfonamides is 1. The molecule has 0 spiro atoms. The molecule has 1 atom stereocenters. The maximum Gasteiger partial charge on any atom is 0.243 e. The van der Waals surface area contributed by atoms with Crippen molar-refractivity contribution in [3.8, 4) is 0 Å². The largest absolute Gasteiger partial charge is 0.467 e. The lowest BCUT2D eigenvalue weighted by Crippen LogP contribution is -2.40. The third-order valence-electron chi connectivity index (χ3n) is 5.27. The Labute approximate surface area is 174 Å². The number of hydrogen-bond acceptors (Lipinski definition) is 6. The zero-order valence-electron chi connectivity index (χ0n) is 16.3. The van der Waals surface area contributed by atoms with E-state index in [1.165, 1.54) is 27.6 Å². The Morgan fingerprint density at radius 3 is 2.53 bits per heavy atom. The SMILES string of the molecule is O=C(NCc1ccco1)C1CC(=O)N(c2ccc(S(=O)(=O)N3CCOCC3)cc2)C1. The van der Waals surface area contributed by atoms with Crippen molar-refractivity contribution in [1.29, 1.82) is 0 Å². The van der Waals surface area contributed by atoms with Crippen LogP contribution in [0.4, 0.5) is 5.69 Å². The van der Waals surface area contributed by atoms with E-state index in [-0.39, 0.29) is 36.2 Å². The standard InChI is InChI=1S/C20H23N3O6S/c24-19-12-15(20(25)21-13-17-2-1-9-29-17)14-23(19)16-3-5-18(6-4-16)30(26,27)22-7-10-28-11-8-22/h1-6,9,15H,7-8,10-14H2,(H,21,25). The van der Waals surface area contributed by atoms with E-state index in [9.17, 15) is 18.0 Å². The van der Waals surface area contributed by atoms with E-state index in [4.69, 9.17) is 9.15 Å². The van der Waals surface area contributed by atoms with Crippen LogP contribution in [0.25, 0.3) is 0 Å². The molecule has 2 fully saturated rings. The number of hydrogen-bond donors (Lipinski definition) is 1. The summed E-state index contributed by atoms with van der Waals surface area (Å²) in [5, 5.41) is 2.78. The summed E-state index contributed by atoms with van der Waals surface area (Å²) in [6.45, 7) is 1.92. The van der Waals surface area contributed by atoms with Gasteiger partial charge in [0.2, 0.25) is 21.8 Å². The second-order valence-corrected chi connectivity index (χ2v) is 9.15. The lowest BCUT2D eigenvalue weighted by molar-refractivity contribution is -0.126. The van der Waals surface area contributed by atoms with E-state index in [2.05, 4.69) is 5.32 Å². The second kappa shape index (κ2) is 8.58. The van der Waals surface area contributed by atoms with Crippen LogP contribution < -0.4 is 10.2 Å². The van der Waals surface area contributed by atoms with Crippen LogP contribution in [-0.4, -0.2) is 57.4 Å². The van der Waals surface area contributed by atoms with Crippen molar-refractivity contribution >= 4 is 27.5 Å². The molecule has 160 valence electrons. The Kier molecular flexibility index (Phi) is 5.89. The van der Waals surface area contributed by atoms with Gasteiger partial charge in [0, 0.05) is 31.7 Å². The number of carbonyl (C=O) groups is 2. The monoisotopic (exact) mass is 433 g/mol. The number of nitrogens with one attached hydrogen (secondary N) is 1. The molecule has 0 saturated carbocycles. The smallest absolute Gasteiger partial charge is 0.243 e. The average Bonchev–Trinajstić information content (AvgIpc) is 3.42. The Morgan fingerprint density at radius 1 is 1.13 bits per heavy atom. The normalized spacial score (nSPS) is 20.5. The van der Waals surface area contributed by atoms with Gasteiger partial charge in [0.1, 0.15) is 5.76 Å². The Bertz CT molecular complexity index is 998. The van der Waals surface area contributed by atoms with E-state index in [0.29, 0.717) is 37.8 Å². The molecule has 10 heteroatoms. The van der Waals surface area contributed by atoms with E-state index in [1.807, 2.05) is 0 Å². The number of morpholine rings is 1. The first kappa shape index (κ1) is 20.6. The molecule has 1 unspecified atom stereocenters. The zero-order chi connectivity index (χ0) is 21.1. The molecule has 2 aliphatic heterocycles. The van der Waals surface area contributed by atoms with Crippen molar-refractivity contribution in [1.82, 2.24) is 9.62 Å². The van der Waals surface area contributed by atoms with Crippen molar-refractivity contribution in [3.63, 3.8) is 0 Å². The fourth-order valence-corrected chi connectivity index (χ4v) is 5.01. The molecule has 0 radical (unpaired) electrons. The molecule has 0 bridgehead atoms. The Hall–Kier alpha value is -2.69. The lowest BCUT2D eigenvalue weighted by atomic mass is 10.1. The third kappa shape index (κ3) is 4.25. The van der Waals surface area contributed by atoms with Gasteiger partial charge in [-0.3, -0.25) is 9.59 Å². The zero-order valence-corrected chi connectivity index (χ0v) is 17.1. The van der Waals surface area contributed by atoms with Gasteiger partial charge in [0.05, 0.1) is 36.8 Å².